The van der Waals surface area contributed by atoms with Crippen LogP contribution in [0.15, 0.2) is 0 Å². The van der Waals surface area contributed by atoms with E-state index in [1.54, 1.807) is 4.90 Å². The van der Waals surface area contributed by atoms with Crippen LogP contribution in [0.2, 0.25) is 0 Å². The topological polar surface area (TPSA) is 64.8 Å². The first-order valence-corrected chi connectivity index (χ1v) is 5.87. The van der Waals surface area contributed by atoms with E-state index in [1.165, 1.54) is 0 Å². The molecule has 0 aromatic heterocycles. The van der Waals surface area contributed by atoms with Gasteiger partial charge in [0, 0.05) is 32.0 Å². The maximum atomic E-state index is 11.5. The van der Waals surface area contributed by atoms with Gasteiger partial charge in [0.05, 0.1) is 26.4 Å². The Labute approximate surface area is 102 Å². The van der Waals surface area contributed by atoms with E-state index in [0.717, 1.165) is 0 Å². The van der Waals surface area contributed by atoms with Crippen LogP contribution in [-0.4, -0.2) is 56.9 Å². The van der Waals surface area contributed by atoms with Gasteiger partial charge < -0.3 is 20.1 Å². The van der Waals surface area contributed by atoms with E-state index in [4.69, 9.17) is 21.6 Å². The van der Waals surface area contributed by atoms with Gasteiger partial charge >= 0.3 is 0 Å². The fourth-order valence-electron chi connectivity index (χ4n) is 1.68. The minimum Gasteiger partial charge on any atom is -0.378 e. The zero-order valence-corrected chi connectivity index (χ0v) is 10.1. The number of likely N-dealkylation sites (tertiary alicyclic amines) is 1. The van der Waals surface area contributed by atoms with Crippen molar-refractivity contribution in [3.8, 4) is 12.3 Å². The molecule has 1 fully saturated rings. The third-order valence-corrected chi connectivity index (χ3v) is 2.59. The second-order valence-corrected chi connectivity index (χ2v) is 3.92. The van der Waals surface area contributed by atoms with Crippen molar-refractivity contribution in [2.75, 3.05) is 46.1 Å². The molecule has 0 aromatic rings. The van der Waals surface area contributed by atoms with Crippen molar-refractivity contribution in [2.45, 2.75) is 6.42 Å². The molecule has 0 saturated carbocycles. The Balaban J connectivity index is 2.00. The monoisotopic (exact) mass is 240 g/mol. The number of rotatable bonds is 8. The van der Waals surface area contributed by atoms with Crippen LogP contribution in [0.1, 0.15) is 6.42 Å². The van der Waals surface area contributed by atoms with E-state index < -0.39 is 0 Å². The molecule has 96 valence electrons. The maximum Gasteiger partial charge on any atom is 0.224 e. The Morgan fingerprint density at radius 3 is 2.65 bits per heavy atom. The molecule has 1 aliphatic heterocycles. The third kappa shape index (κ3) is 5.18. The van der Waals surface area contributed by atoms with Crippen LogP contribution in [0, 0.1) is 18.3 Å². The number of nitrogens with zero attached hydrogens (tertiary/aromatic N) is 1. The molecule has 17 heavy (non-hydrogen) atoms. The first-order chi connectivity index (χ1) is 8.27. The van der Waals surface area contributed by atoms with Gasteiger partial charge in [-0.25, -0.2) is 0 Å². The fraction of sp³-hybridized carbons (Fsp3) is 0.750. The lowest BCUT2D eigenvalue weighted by Crippen LogP contribution is -2.29. The molecule has 1 atom stereocenters. The Bertz CT molecular complexity index is 275. The van der Waals surface area contributed by atoms with Gasteiger partial charge in [0.2, 0.25) is 5.91 Å². The standard InChI is InChI=1S/C12H20N2O3/c1-2-11-9-12(15)14(10-11)4-6-17-8-7-16-5-3-13/h1,11H,3-10,13H2. The van der Waals surface area contributed by atoms with E-state index >= 15 is 0 Å². The summed E-state index contributed by atoms with van der Waals surface area (Å²) < 4.78 is 10.5. The molecule has 0 radical (unpaired) electrons. The number of hydrogen-bond donors (Lipinski definition) is 1. The van der Waals surface area contributed by atoms with Crippen LogP contribution in [0.4, 0.5) is 0 Å². The molecule has 5 heteroatoms. The summed E-state index contributed by atoms with van der Waals surface area (Å²) in [5, 5.41) is 0. The number of hydrogen-bond acceptors (Lipinski definition) is 4. The van der Waals surface area contributed by atoms with Gasteiger partial charge in [-0.05, 0) is 0 Å². The number of carbonyl (C=O) groups is 1. The van der Waals surface area contributed by atoms with Crippen LogP contribution >= 0.6 is 0 Å². The predicted molar refractivity (Wildman–Crippen MR) is 64.2 cm³/mol. The molecule has 1 heterocycles. The molecule has 0 aromatic carbocycles. The molecule has 0 aliphatic carbocycles. The molecule has 1 unspecified atom stereocenters. The summed E-state index contributed by atoms with van der Waals surface area (Å²) in [6.45, 7) is 3.93. The van der Waals surface area contributed by atoms with Crippen molar-refractivity contribution in [1.82, 2.24) is 4.90 Å². The van der Waals surface area contributed by atoms with Gasteiger partial charge in [-0.2, -0.15) is 0 Å². The first-order valence-electron chi connectivity index (χ1n) is 5.87. The highest BCUT2D eigenvalue weighted by atomic mass is 16.5. The van der Waals surface area contributed by atoms with Crippen molar-refractivity contribution in [3.05, 3.63) is 0 Å². The van der Waals surface area contributed by atoms with E-state index in [2.05, 4.69) is 5.92 Å². The molecule has 1 saturated heterocycles. The summed E-state index contributed by atoms with van der Waals surface area (Å²) in [4.78, 5) is 13.2. The summed E-state index contributed by atoms with van der Waals surface area (Å²) in [6.07, 6.45) is 5.76. The number of terminal acetylenes is 1. The van der Waals surface area contributed by atoms with Gasteiger partial charge in [0.15, 0.2) is 0 Å². The SMILES string of the molecule is C#CC1CC(=O)N(CCOCCOCCN)C1. The van der Waals surface area contributed by atoms with Crippen LogP contribution in [0.5, 0.6) is 0 Å². The lowest BCUT2D eigenvalue weighted by atomic mass is 10.1. The summed E-state index contributed by atoms with van der Waals surface area (Å²) in [5.41, 5.74) is 5.27. The predicted octanol–water partition coefficient (Wildman–Crippen LogP) is -0.540. The van der Waals surface area contributed by atoms with Gasteiger partial charge in [-0.3, -0.25) is 4.79 Å². The van der Waals surface area contributed by atoms with Gasteiger partial charge in [-0.1, -0.05) is 0 Å². The van der Waals surface area contributed by atoms with Crippen molar-refractivity contribution < 1.29 is 14.3 Å². The molecule has 0 spiro atoms. The molecule has 1 rings (SSSR count). The number of amides is 1. The van der Waals surface area contributed by atoms with E-state index in [-0.39, 0.29) is 11.8 Å². The summed E-state index contributed by atoms with van der Waals surface area (Å²) in [6, 6.07) is 0. The zero-order valence-electron chi connectivity index (χ0n) is 10.1. The second-order valence-electron chi connectivity index (χ2n) is 3.92. The smallest absolute Gasteiger partial charge is 0.224 e. The third-order valence-electron chi connectivity index (χ3n) is 2.59. The van der Waals surface area contributed by atoms with Crippen LogP contribution in [0.3, 0.4) is 0 Å². The summed E-state index contributed by atoms with van der Waals surface area (Å²) >= 11 is 0. The van der Waals surface area contributed by atoms with Crippen molar-refractivity contribution in [2.24, 2.45) is 11.7 Å². The fourth-order valence-corrected chi connectivity index (χ4v) is 1.68. The maximum absolute atomic E-state index is 11.5. The molecular formula is C12H20N2O3. The highest BCUT2D eigenvalue weighted by Gasteiger charge is 2.27. The molecule has 2 N–H and O–H groups in total. The minimum atomic E-state index is 0.0652. The molecule has 0 bridgehead atoms. The molecular weight excluding hydrogens is 220 g/mol. The Hall–Kier alpha value is -1.09. The van der Waals surface area contributed by atoms with Crippen LogP contribution < -0.4 is 5.73 Å². The second kappa shape index (κ2) is 8.07. The zero-order chi connectivity index (χ0) is 12.5. The Kier molecular flexibility index (Phi) is 6.63. The van der Waals surface area contributed by atoms with E-state index in [0.29, 0.717) is 52.5 Å². The average Bonchev–Trinajstić information content (AvgIpc) is 2.69. The minimum absolute atomic E-state index is 0.0652. The van der Waals surface area contributed by atoms with Crippen LogP contribution in [0.25, 0.3) is 0 Å². The Morgan fingerprint density at radius 1 is 1.35 bits per heavy atom. The first kappa shape index (κ1) is 14.0. The lowest BCUT2D eigenvalue weighted by Gasteiger charge is -2.15. The van der Waals surface area contributed by atoms with Gasteiger partial charge in [0.1, 0.15) is 0 Å². The number of carbonyl (C=O) groups excluding carboxylic acids is 1. The molecule has 1 aliphatic rings. The summed E-state index contributed by atoms with van der Waals surface area (Å²) in [5.74, 6) is 2.80. The molecule has 5 nitrogen and oxygen atoms in total. The average molecular weight is 240 g/mol. The normalized spacial score (nSPS) is 19.6. The highest BCUT2D eigenvalue weighted by Crippen LogP contribution is 2.15. The van der Waals surface area contributed by atoms with Gasteiger partial charge in [-0.15, -0.1) is 12.3 Å². The van der Waals surface area contributed by atoms with Gasteiger partial charge in [0.25, 0.3) is 0 Å². The van der Waals surface area contributed by atoms with E-state index in [1.807, 2.05) is 0 Å². The number of nitrogens with two attached hydrogens (primary N) is 1. The number of ether oxygens (including phenoxy) is 2. The van der Waals surface area contributed by atoms with E-state index in [9.17, 15) is 4.79 Å². The lowest BCUT2D eigenvalue weighted by molar-refractivity contribution is -0.128. The largest absolute Gasteiger partial charge is 0.378 e. The summed E-state index contributed by atoms with van der Waals surface area (Å²) in [7, 11) is 0. The van der Waals surface area contributed by atoms with Crippen molar-refractivity contribution >= 4 is 5.91 Å². The van der Waals surface area contributed by atoms with Crippen molar-refractivity contribution in [1.29, 1.82) is 0 Å². The molecule has 1 amide bonds. The Morgan fingerprint density at radius 2 is 2.06 bits per heavy atom. The highest BCUT2D eigenvalue weighted by molar-refractivity contribution is 5.79. The van der Waals surface area contributed by atoms with Crippen molar-refractivity contribution in [3.63, 3.8) is 0 Å². The quantitative estimate of drug-likeness (QED) is 0.457. The van der Waals surface area contributed by atoms with Crippen LogP contribution in [-0.2, 0) is 14.3 Å².